The van der Waals surface area contributed by atoms with Crippen molar-refractivity contribution in [2.24, 2.45) is 0 Å². The lowest BCUT2D eigenvalue weighted by atomic mass is 9.98. The number of hydrogen-bond donors (Lipinski definition) is 1. The van der Waals surface area contributed by atoms with E-state index < -0.39 is 6.04 Å². The Morgan fingerprint density at radius 3 is 2.68 bits per heavy atom. The van der Waals surface area contributed by atoms with Gasteiger partial charge in [-0.25, -0.2) is 4.39 Å². The molecule has 1 N–H and O–H groups in total. The van der Waals surface area contributed by atoms with E-state index in [4.69, 9.17) is 0 Å². The minimum atomic E-state index is -0.451. The molecule has 4 rings (SSSR count). The van der Waals surface area contributed by atoms with Gasteiger partial charge in [-0.3, -0.25) is 14.8 Å². The highest BCUT2D eigenvalue weighted by Crippen LogP contribution is 2.31. The van der Waals surface area contributed by atoms with Gasteiger partial charge in [0.15, 0.2) is 0 Å². The quantitative estimate of drug-likeness (QED) is 0.572. The van der Waals surface area contributed by atoms with Crippen molar-refractivity contribution >= 4 is 16.8 Å². The molecule has 0 saturated heterocycles. The molecule has 0 fully saturated rings. The Morgan fingerprint density at radius 2 is 1.96 bits per heavy atom. The SMILES string of the molecule is CCn1cc([C@H](NC(=O)c2ccccn2)c2ccc(F)cc2)c2ccncc21. The standard InChI is InChI=1S/C22H19FN4O/c1-2-27-14-18(17-10-12-24-13-20(17)27)21(15-6-8-16(23)9-7-15)26-22(28)19-5-3-4-11-25-19/h3-14,21H,2H2,1H3,(H,26,28)/t21-/m1/s1. The summed E-state index contributed by atoms with van der Waals surface area (Å²) in [5.74, 6) is -0.611. The van der Waals surface area contributed by atoms with E-state index in [1.165, 1.54) is 12.1 Å². The highest BCUT2D eigenvalue weighted by atomic mass is 19.1. The minimum Gasteiger partial charge on any atom is -0.346 e. The zero-order valence-electron chi connectivity index (χ0n) is 15.3. The van der Waals surface area contributed by atoms with Crippen molar-refractivity contribution in [2.45, 2.75) is 19.5 Å². The maximum absolute atomic E-state index is 13.5. The molecule has 0 unspecified atom stereocenters. The van der Waals surface area contributed by atoms with Crippen LogP contribution in [0.4, 0.5) is 4.39 Å². The number of rotatable bonds is 5. The summed E-state index contributed by atoms with van der Waals surface area (Å²) in [6.07, 6.45) is 7.13. The van der Waals surface area contributed by atoms with E-state index in [0.717, 1.165) is 28.6 Å². The van der Waals surface area contributed by atoms with Crippen LogP contribution < -0.4 is 5.32 Å². The van der Waals surface area contributed by atoms with Crippen molar-refractivity contribution < 1.29 is 9.18 Å². The van der Waals surface area contributed by atoms with E-state index in [-0.39, 0.29) is 11.7 Å². The zero-order valence-corrected chi connectivity index (χ0v) is 15.3. The molecule has 6 heteroatoms. The molecule has 0 aliphatic carbocycles. The summed E-state index contributed by atoms with van der Waals surface area (Å²) in [7, 11) is 0. The van der Waals surface area contributed by atoms with Gasteiger partial charge in [0.25, 0.3) is 5.91 Å². The Kier molecular flexibility index (Phi) is 4.85. The monoisotopic (exact) mass is 374 g/mol. The van der Waals surface area contributed by atoms with Gasteiger partial charge in [0, 0.05) is 36.1 Å². The number of aryl methyl sites for hydroxylation is 1. The molecule has 1 amide bonds. The first-order chi connectivity index (χ1) is 13.7. The van der Waals surface area contributed by atoms with Crippen molar-refractivity contribution in [3.63, 3.8) is 0 Å². The van der Waals surface area contributed by atoms with Crippen molar-refractivity contribution in [3.05, 3.63) is 96.0 Å². The molecule has 0 aliphatic heterocycles. The van der Waals surface area contributed by atoms with Crippen molar-refractivity contribution in [2.75, 3.05) is 0 Å². The van der Waals surface area contributed by atoms with Crippen LogP contribution in [-0.2, 0) is 6.54 Å². The molecule has 0 spiro atoms. The van der Waals surface area contributed by atoms with E-state index in [0.29, 0.717) is 5.69 Å². The molecule has 1 atom stereocenters. The first-order valence-corrected chi connectivity index (χ1v) is 9.07. The summed E-state index contributed by atoms with van der Waals surface area (Å²) in [6, 6.07) is 12.8. The Hall–Kier alpha value is -3.54. The van der Waals surface area contributed by atoms with Crippen LogP contribution in [0.15, 0.2) is 73.3 Å². The van der Waals surface area contributed by atoms with Crippen LogP contribution in [0.3, 0.4) is 0 Å². The number of amides is 1. The fraction of sp³-hybridized carbons (Fsp3) is 0.136. The van der Waals surface area contributed by atoms with Gasteiger partial charge in [-0.1, -0.05) is 18.2 Å². The molecule has 0 saturated carbocycles. The largest absolute Gasteiger partial charge is 0.346 e. The van der Waals surface area contributed by atoms with Crippen LogP contribution in [0.5, 0.6) is 0 Å². The van der Waals surface area contributed by atoms with Crippen LogP contribution in [0.2, 0.25) is 0 Å². The lowest BCUT2D eigenvalue weighted by Crippen LogP contribution is -2.29. The molecular weight excluding hydrogens is 355 g/mol. The molecule has 0 aliphatic rings. The predicted octanol–water partition coefficient (Wildman–Crippen LogP) is 4.11. The molecule has 5 nitrogen and oxygen atoms in total. The van der Waals surface area contributed by atoms with E-state index in [1.54, 1.807) is 42.7 Å². The molecule has 3 heterocycles. The number of fused-ring (bicyclic) bond motifs is 1. The van der Waals surface area contributed by atoms with Gasteiger partial charge in [0.1, 0.15) is 11.5 Å². The number of carbonyl (C=O) groups is 1. The van der Waals surface area contributed by atoms with Crippen molar-refractivity contribution in [3.8, 4) is 0 Å². The van der Waals surface area contributed by atoms with E-state index in [1.807, 2.05) is 18.5 Å². The van der Waals surface area contributed by atoms with Crippen molar-refractivity contribution in [1.82, 2.24) is 19.9 Å². The lowest BCUT2D eigenvalue weighted by Gasteiger charge is -2.19. The van der Waals surface area contributed by atoms with Gasteiger partial charge in [-0.15, -0.1) is 0 Å². The van der Waals surface area contributed by atoms with Gasteiger partial charge >= 0.3 is 0 Å². The number of carbonyl (C=O) groups excluding carboxylic acids is 1. The van der Waals surface area contributed by atoms with Crippen LogP contribution >= 0.6 is 0 Å². The fourth-order valence-corrected chi connectivity index (χ4v) is 3.36. The Labute approximate surface area is 161 Å². The third-order valence-electron chi connectivity index (χ3n) is 4.74. The summed E-state index contributed by atoms with van der Waals surface area (Å²) < 4.78 is 15.6. The second kappa shape index (κ2) is 7.60. The number of nitrogens with one attached hydrogen (secondary N) is 1. The third kappa shape index (κ3) is 3.36. The zero-order chi connectivity index (χ0) is 19.5. The number of halogens is 1. The summed E-state index contributed by atoms with van der Waals surface area (Å²) >= 11 is 0. The number of hydrogen-bond acceptors (Lipinski definition) is 3. The molecule has 140 valence electrons. The number of pyridine rings is 2. The summed E-state index contributed by atoms with van der Waals surface area (Å²) in [5, 5.41) is 4.05. The molecule has 0 bridgehead atoms. The maximum atomic E-state index is 13.5. The highest BCUT2D eigenvalue weighted by Gasteiger charge is 2.22. The van der Waals surface area contributed by atoms with Gasteiger partial charge in [-0.2, -0.15) is 0 Å². The number of nitrogens with zero attached hydrogens (tertiary/aromatic N) is 3. The average Bonchev–Trinajstić information content (AvgIpc) is 3.12. The van der Waals surface area contributed by atoms with Crippen LogP contribution in [0, 0.1) is 5.82 Å². The van der Waals surface area contributed by atoms with E-state index in [9.17, 15) is 9.18 Å². The molecule has 0 radical (unpaired) electrons. The van der Waals surface area contributed by atoms with Gasteiger partial charge < -0.3 is 9.88 Å². The average molecular weight is 374 g/mol. The van der Waals surface area contributed by atoms with Crippen LogP contribution in [0.25, 0.3) is 10.9 Å². The lowest BCUT2D eigenvalue weighted by molar-refractivity contribution is 0.0938. The van der Waals surface area contributed by atoms with Crippen molar-refractivity contribution in [1.29, 1.82) is 0 Å². The van der Waals surface area contributed by atoms with Crippen LogP contribution in [0.1, 0.15) is 34.6 Å². The second-order valence-corrected chi connectivity index (χ2v) is 6.44. The number of aromatic nitrogens is 3. The molecular formula is C22H19FN4O. The topological polar surface area (TPSA) is 59.8 Å². The maximum Gasteiger partial charge on any atom is 0.270 e. The Balaban J connectivity index is 1.82. The first kappa shape index (κ1) is 17.9. The van der Waals surface area contributed by atoms with Crippen LogP contribution in [-0.4, -0.2) is 20.4 Å². The van der Waals surface area contributed by atoms with Gasteiger partial charge in [-0.05, 0) is 42.8 Å². The normalized spacial score (nSPS) is 12.1. The highest BCUT2D eigenvalue weighted by molar-refractivity contribution is 5.93. The molecule has 28 heavy (non-hydrogen) atoms. The first-order valence-electron chi connectivity index (χ1n) is 9.07. The minimum absolute atomic E-state index is 0.290. The van der Waals surface area contributed by atoms with Gasteiger partial charge in [0.05, 0.1) is 17.8 Å². The van der Waals surface area contributed by atoms with E-state index >= 15 is 0 Å². The summed E-state index contributed by atoms with van der Waals surface area (Å²) in [5.41, 5.74) is 3.03. The van der Waals surface area contributed by atoms with E-state index in [2.05, 4.69) is 26.8 Å². The smallest absolute Gasteiger partial charge is 0.270 e. The summed E-state index contributed by atoms with van der Waals surface area (Å²) in [4.78, 5) is 21.2. The third-order valence-corrected chi connectivity index (χ3v) is 4.74. The van der Waals surface area contributed by atoms with Gasteiger partial charge in [0.2, 0.25) is 0 Å². The number of benzene rings is 1. The second-order valence-electron chi connectivity index (χ2n) is 6.44. The predicted molar refractivity (Wildman–Crippen MR) is 105 cm³/mol. The Morgan fingerprint density at radius 1 is 1.14 bits per heavy atom. The molecule has 4 aromatic rings. The molecule has 3 aromatic heterocycles. The summed E-state index contributed by atoms with van der Waals surface area (Å²) in [6.45, 7) is 2.82. The molecule has 1 aromatic carbocycles. The Bertz CT molecular complexity index is 1110. The fourth-order valence-electron chi connectivity index (χ4n) is 3.36.